The van der Waals surface area contributed by atoms with Gasteiger partial charge in [-0.2, -0.15) is 0 Å². The lowest BCUT2D eigenvalue weighted by Gasteiger charge is -2.16. The number of nitrogens with zero attached hydrogens (tertiary/aromatic N) is 1. The van der Waals surface area contributed by atoms with Crippen LogP contribution >= 0.6 is 15.9 Å². The Hall–Kier alpha value is -1.36. The molecule has 0 aliphatic heterocycles. The molecule has 0 unspecified atom stereocenters. The second-order valence-electron chi connectivity index (χ2n) is 3.54. The highest BCUT2D eigenvalue weighted by Gasteiger charge is 2.17. The first-order valence-electron chi connectivity index (χ1n) is 4.65. The molecule has 0 radical (unpaired) electrons. The Morgan fingerprint density at radius 1 is 1.44 bits per heavy atom. The molecule has 1 aromatic rings. The van der Waals surface area contributed by atoms with E-state index in [2.05, 4.69) is 15.9 Å². The predicted molar refractivity (Wildman–Crippen MR) is 63.0 cm³/mol. The van der Waals surface area contributed by atoms with Gasteiger partial charge in [0, 0.05) is 18.1 Å². The van der Waals surface area contributed by atoms with Crippen molar-refractivity contribution >= 4 is 27.8 Å². The molecule has 0 heterocycles. The Balaban J connectivity index is 2.84. The zero-order chi connectivity index (χ0) is 12.3. The second kappa shape index (κ2) is 5.12. The van der Waals surface area contributed by atoms with E-state index in [0.717, 1.165) is 15.6 Å². The number of carbonyl (C=O) groups excluding carboxylic acids is 1. The van der Waals surface area contributed by atoms with Crippen LogP contribution in [0.4, 0.5) is 0 Å². The molecule has 4 nitrogen and oxygen atoms in total. The minimum atomic E-state index is -1.44. The minimum absolute atomic E-state index is 0.288. The Kier molecular flexibility index (Phi) is 4.06. The van der Waals surface area contributed by atoms with Crippen molar-refractivity contribution in [2.24, 2.45) is 0 Å². The highest BCUT2D eigenvalue weighted by Crippen LogP contribution is 2.17. The van der Waals surface area contributed by atoms with Gasteiger partial charge in [-0.25, -0.2) is 4.79 Å². The van der Waals surface area contributed by atoms with Gasteiger partial charge in [0.2, 0.25) is 0 Å². The van der Waals surface area contributed by atoms with Crippen LogP contribution in [0.2, 0.25) is 0 Å². The van der Waals surface area contributed by atoms with Crippen molar-refractivity contribution in [1.82, 2.24) is 4.90 Å². The van der Waals surface area contributed by atoms with Crippen molar-refractivity contribution in [3.63, 3.8) is 0 Å². The van der Waals surface area contributed by atoms with Crippen LogP contribution in [0.5, 0.6) is 0 Å². The first-order chi connectivity index (χ1) is 7.41. The van der Waals surface area contributed by atoms with Crippen LogP contribution in [-0.4, -0.2) is 28.9 Å². The van der Waals surface area contributed by atoms with E-state index >= 15 is 0 Å². The second-order valence-corrected chi connectivity index (χ2v) is 4.45. The summed E-state index contributed by atoms with van der Waals surface area (Å²) in [6.45, 7) is 2.21. The molecule has 0 fully saturated rings. The summed E-state index contributed by atoms with van der Waals surface area (Å²) in [5.41, 5.74) is 1.94. The smallest absolute Gasteiger partial charge is 0.394 e. The van der Waals surface area contributed by atoms with Crippen molar-refractivity contribution in [2.75, 3.05) is 7.05 Å². The maximum atomic E-state index is 11.2. The third-order valence-corrected chi connectivity index (χ3v) is 2.74. The lowest BCUT2D eigenvalue weighted by molar-refractivity contribution is -0.155. The molecule has 0 spiro atoms. The number of aliphatic carboxylic acids is 1. The summed E-state index contributed by atoms with van der Waals surface area (Å²) in [6.07, 6.45) is 0. The molecule has 0 atom stereocenters. The number of amides is 1. The average molecular weight is 286 g/mol. The molecule has 5 heteroatoms. The van der Waals surface area contributed by atoms with Crippen LogP contribution in [0.1, 0.15) is 11.1 Å². The molecule has 0 saturated heterocycles. The van der Waals surface area contributed by atoms with Crippen molar-refractivity contribution in [1.29, 1.82) is 0 Å². The average Bonchev–Trinajstić information content (AvgIpc) is 2.22. The third kappa shape index (κ3) is 3.06. The summed E-state index contributed by atoms with van der Waals surface area (Å²) in [7, 11) is 1.47. The molecule has 86 valence electrons. The van der Waals surface area contributed by atoms with Gasteiger partial charge < -0.3 is 10.0 Å². The first-order valence-corrected chi connectivity index (χ1v) is 5.44. The van der Waals surface area contributed by atoms with Gasteiger partial charge in [-0.1, -0.05) is 22.0 Å². The van der Waals surface area contributed by atoms with Crippen LogP contribution in [0, 0.1) is 6.92 Å². The summed E-state index contributed by atoms with van der Waals surface area (Å²) in [5.74, 6) is -2.34. The SMILES string of the molecule is Cc1ccc(Br)cc1CN(C)C(=O)C(=O)O. The topological polar surface area (TPSA) is 57.6 Å². The van der Waals surface area contributed by atoms with Crippen molar-refractivity contribution < 1.29 is 14.7 Å². The molecule has 1 rings (SSSR count). The highest BCUT2D eigenvalue weighted by molar-refractivity contribution is 9.10. The van der Waals surface area contributed by atoms with Crippen molar-refractivity contribution in [2.45, 2.75) is 13.5 Å². The van der Waals surface area contributed by atoms with Gasteiger partial charge in [0.25, 0.3) is 0 Å². The number of hydrogen-bond acceptors (Lipinski definition) is 2. The number of aryl methyl sites for hydroxylation is 1. The lowest BCUT2D eigenvalue weighted by atomic mass is 10.1. The zero-order valence-electron chi connectivity index (χ0n) is 9.03. The number of carboxylic acids is 1. The van der Waals surface area contributed by atoms with Crippen LogP contribution in [0.3, 0.4) is 0 Å². The van der Waals surface area contributed by atoms with E-state index in [1.54, 1.807) is 0 Å². The van der Waals surface area contributed by atoms with E-state index in [4.69, 9.17) is 5.11 Å². The molecular weight excluding hydrogens is 274 g/mol. The summed E-state index contributed by atoms with van der Waals surface area (Å²) >= 11 is 3.33. The number of carboxylic acid groups (broad SMARTS) is 1. The van der Waals surface area contributed by atoms with Gasteiger partial charge in [-0.3, -0.25) is 4.79 Å². The van der Waals surface area contributed by atoms with E-state index in [0.29, 0.717) is 0 Å². The molecule has 0 aliphatic carbocycles. The Bertz CT molecular complexity index is 431. The maximum Gasteiger partial charge on any atom is 0.394 e. The number of rotatable bonds is 2. The van der Waals surface area contributed by atoms with Crippen LogP contribution in [0.25, 0.3) is 0 Å². The van der Waals surface area contributed by atoms with E-state index in [1.807, 2.05) is 25.1 Å². The van der Waals surface area contributed by atoms with E-state index in [-0.39, 0.29) is 6.54 Å². The zero-order valence-corrected chi connectivity index (χ0v) is 10.6. The van der Waals surface area contributed by atoms with E-state index < -0.39 is 11.9 Å². The molecule has 0 aliphatic rings. The van der Waals surface area contributed by atoms with Crippen LogP contribution in [0.15, 0.2) is 22.7 Å². The van der Waals surface area contributed by atoms with Gasteiger partial charge in [0.1, 0.15) is 0 Å². The lowest BCUT2D eigenvalue weighted by Crippen LogP contribution is -2.32. The molecule has 0 aromatic heterocycles. The first kappa shape index (κ1) is 12.7. The summed E-state index contributed by atoms with van der Waals surface area (Å²) in [4.78, 5) is 22.8. The predicted octanol–water partition coefficient (Wildman–Crippen LogP) is 1.80. The van der Waals surface area contributed by atoms with Crippen molar-refractivity contribution in [3.8, 4) is 0 Å². The number of likely N-dealkylation sites (N-methyl/N-ethyl adjacent to an activating group) is 1. The Morgan fingerprint density at radius 2 is 2.06 bits per heavy atom. The summed E-state index contributed by atoms with van der Waals surface area (Å²) in [6, 6.07) is 5.69. The fraction of sp³-hybridized carbons (Fsp3) is 0.273. The monoisotopic (exact) mass is 285 g/mol. The van der Waals surface area contributed by atoms with E-state index in [9.17, 15) is 9.59 Å². The molecule has 1 N–H and O–H groups in total. The Morgan fingerprint density at radius 3 is 2.62 bits per heavy atom. The fourth-order valence-electron chi connectivity index (χ4n) is 1.30. The fourth-order valence-corrected chi connectivity index (χ4v) is 1.71. The van der Waals surface area contributed by atoms with Crippen LogP contribution < -0.4 is 0 Å². The quantitative estimate of drug-likeness (QED) is 0.843. The van der Waals surface area contributed by atoms with Crippen molar-refractivity contribution in [3.05, 3.63) is 33.8 Å². The molecule has 1 aromatic carbocycles. The normalized spacial score (nSPS) is 9.94. The van der Waals surface area contributed by atoms with Gasteiger partial charge >= 0.3 is 11.9 Å². The maximum absolute atomic E-state index is 11.2. The van der Waals surface area contributed by atoms with Crippen LogP contribution in [-0.2, 0) is 16.1 Å². The highest BCUT2D eigenvalue weighted by atomic mass is 79.9. The standard InChI is InChI=1S/C11H12BrNO3/c1-7-3-4-9(12)5-8(7)6-13(2)10(14)11(15)16/h3-5H,6H2,1-2H3,(H,15,16). The number of hydrogen-bond donors (Lipinski definition) is 1. The Labute approximate surface area is 102 Å². The molecule has 16 heavy (non-hydrogen) atoms. The number of benzene rings is 1. The molecular formula is C11H12BrNO3. The largest absolute Gasteiger partial charge is 0.474 e. The summed E-state index contributed by atoms with van der Waals surface area (Å²) < 4.78 is 0.907. The number of carbonyl (C=O) groups is 2. The van der Waals surface area contributed by atoms with E-state index in [1.165, 1.54) is 11.9 Å². The molecule has 1 amide bonds. The molecule has 0 bridgehead atoms. The number of halogens is 1. The minimum Gasteiger partial charge on any atom is -0.474 e. The van der Waals surface area contributed by atoms with Gasteiger partial charge in [0.15, 0.2) is 0 Å². The third-order valence-electron chi connectivity index (χ3n) is 2.25. The molecule has 0 saturated carbocycles. The summed E-state index contributed by atoms with van der Waals surface area (Å²) in [5, 5.41) is 8.55. The van der Waals surface area contributed by atoms with Gasteiger partial charge in [-0.15, -0.1) is 0 Å². The van der Waals surface area contributed by atoms with Gasteiger partial charge in [0.05, 0.1) is 0 Å². The van der Waals surface area contributed by atoms with Gasteiger partial charge in [-0.05, 0) is 30.2 Å².